The summed E-state index contributed by atoms with van der Waals surface area (Å²) in [6.07, 6.45) is 0. The zero-order chi connectivity index (χ0) is 41.5. The second-order valence-corrected chi connectivity index (χ2v) is 19.9. The maximum absolute atomic E-state index is 2.53. The lowest BCUT2D eigenvalue weighted by molar-refractivity contribution is 0.590. The Labute approximate surface area is 353 Å². The molecule has 7 aromatic rings. The summed E-state index contributed by atoms with van der Waals surface area (Å²) in [5, 5.41) is 0. The Kier molecular flexibility index (Phi) is 9.12. The molecule has 0 atom stereocenters. The molecule has 2 heterocycles. The molecule has 7 aromatic carbocycles. The Morgan fingerprint density at radius 2 is 0.695 bits per heavy atom. The van der Waals surface area contributed by atoms with E-state index in [1.165, 1.54) is 83.9 Å². The summed E-state index contributed by atoms with van der Waals surface area (Å²) in [5.74, 6) is 0. The highest BCUT2D eigenvalue weighted by Gasteiger charge is 2.44. The van der Waals surface area contributed by atoms with Crippen LogP contribution in [0.5, 0.6) is 0 Å². The molecule has 0 N–H and O–H groups in total. The van der Waals surface area contributed by atoms with Gasteiger partial charge in [-0.25, -0.2) is 0 Å². The van der Waals surface area contributed by atoms with Crippen molar-refractivity contribution in [2.45, 2.75) is 90.9 Å². The Morgan fingerprint density at radius 1 is 0.322 bits per heavy atom. The number of benzene rings is 7. The third-order valence-electron chi connectivity index (χ3n) is 13.4. The van der Waals surface area contributed by atoms with Crippen LogP contribution in [-0.4, -0.2) is 6.71 Å². The lowest BCUT2D eigenvalue weighted by Gasteiger charge is -2.45. The van der Waals surface area contributed by atoms with E-state index in [0.717, 1.165) is 0 Å². The van der Waals surface area contributed by atoms with Gasteiger partial charge in [-0.15, -0.1) is 0 Å². The summed E-state index contributed by atoms with van der Waals surface area (Å²) in [6, 6.07) is 62.0. The molecule has 0 aromatic heterocycles. The molecular formula is C56H57BN2. The highest BCUT2D eigenvalue weighted by Crippen LogP contribution is 2.46. The van der Waals surface area contributed by atoms with Crippen LogP contribution in [0.1, 0.15) is 103 Å². The minimum atomic E-state index is -0.193. The standard InChI is InChI=1S/C56H57BN2/c1-53(2,3)38-24-30-44(31-25-38)58-49-35-29-43(56(9,10)40-20-15-12-16-21-40)37-47(49)57-46-36-42(54(4,5)6)28-34-48(46)59(51-23-17-22-50(58)52(51)57)45-32-26-41(27-33-45)55(7,8)39-18-13-11-14-19-39/h11-37H,1-10H3. The van der Waals surface area contributed by atoms with E-state index >= 15 is 0 Å². The van der Waals surface area contributed by atoms with Gasteiger partial charge >= 0.3 is 0 Å². The second-order valence-electron chi connectivity index (χ2n) is 19.9. The topological polar surface area (TPSA) is 6.48 Å². The minimum Gasteiger partial charge on any atom is -0.311 e. The minimum absolute atomic E-state index is 0.0141. The van der Waals surface area contributed by atoms with Gasteiger partial charge in [0.25, 0.3) is 6.71 Å². The third kappa shape index (κ3) is 6.51. The van der Waals surface area contributed by atoms with E-state index < -0.39 is 0 Å². The van der Waals surface area contributed by atoms with Crippen LogP contribution in [0.4, 0.5) is 34.1 Å². The fraction of sp³-hybridized carbons (Fsp3) is 0.250. The molecule has 3 heteroatoms. The summed E-state index contributed by atoms with van der Waals surface area (Å²) in [6.45, 7) is 23.3. The van der Waals surface area contributed by atoms with Gasteiger partial charge in [-0.3, -0.25) is 0 Å². The molecule has 9 rings (SSSR count). The average molecular weight is 769 g/mol. The second kappa shape index (κ2) is 13.9. The molecule has 0 saturated heterocycles. The van der Waals surface area contributed by atoms with E-state index in [9.17, 15) is 0 Å². The highest BCUT2D eigenvalue weighted by molar-refractivity contribution is 7.00. The molecule has 294 valence electrons. The van der Waals surface area contributed by atoms with Crippen LogP contribution in [0.2, 0.25) is 0 Å². The number of hydrogen-bond acceptors (Lipinski definition) is 2. The number of hydrogen-bond donors (Lipinski definition) is 0. The molecule has 0 saturated carbocycles. The monoisotopic (exact) mass is 768 g/mol. The molecule has 2 aliphatic rings. The van der Waals surface area contributed by atoms with Crippen LogP contribution >= 0.6 is 0 Å². The Morgan fingerprint density at radius 3 is 1.15 bits per heavy atom. The molecular weight excluding hydrogens is 711 g/mol. The molecule has 59 heavy (non-hydrogen) atoms. The van der Waals surface area contributed by atoms with Crippen molar-refractivity contribution in [2.75, 3.05) is 9.80 Å². The van der Waals surface area contributed by atoms with Crippen LogP contribution in [0.15, 0.2) is 164 Å². The van der Waals surface area contributed by atoms with E-state index in [-0.39, 0.29) is 28.4 Å². The van der Waals surface area contributed by atoms with Gasteiger partial charge in [0.15, 0.2) is 0 Å². The first kappa shape index (κ1) is 38.7. The molecule has 0 aliphatic carbocycles. The molecule has 0 unspecified atom stereocenters. The number of nitrogens with zero attached hydrogens (tertiary/aromatic N) is 2. The summed E-state index contributed by atoms with van der Waals surface area (Å²) in [4.78, 5) is 5.05. The van der Waals surface area contributed by atoms with Gasteiger partial charge in [0.05, 0.1) is 0 Å². The number of rotatable bonds is 6. The van der Waals surface area contributed by atoms with Gasteiger partial charge in [0.1, 0.15) is 0 Å². The van der Waals surface area contributed by atoms with Crippen molar-refractivity contribution < 1.29 is 0 Å². The van der Waals surface area contributed by atoms with Crippen molar-refractivity contribution in [3.8, 4) is 0 Å². The molecule has 2 nitrogen and oxygen atoms in total. The fourth-order valence-corrected chi connectivity index (χ4v) is 9.54. The van der Waals surface area contributed by atoms with Gasteiger partial charge in [-0.05, 0) is 109 Å². The van der Waals surface area contributed by atoms with E-state index in [0.29, 0.717) is 0 Å². The smallest absolute Gasteiger partial charge is 0.252 e. The largest absolute Gasteiger partial charge is 0.311 e. The van der Waals surface area contributed by atoms with Crippen LogP contribution < -0.4 is 26.2 Å². The maximum atomic E-state index is 2.53. The summed E-state index contributed by atoms with van der Waals surface area (Å²) < 4.78 is 0. The van der Waals surface area contributed by atoms with E-state index in [2.05, 4.69) is 243 Å². The predicted molar refractivity (Wildman–Crippen MR) is 255 cm³/mol. The Balaban J connectivity index is 1.29. The first-order valence-electron chi connectivity index (χ1n) is 21.4. The predicted octanol–water partition coefficient (Wildman–Crippen LogP) is 13.0. The van der Waals surface area contributed by atoms with Gasteiger partial charge < -0.3 is 9.80 Å². The van der Waals surface area contributed by atoms with Crippen molar-refractivity contribution in [3.63, 3.8) is 0 Å². The van der Waals surface area contributed by atoms with Gasteiger partial charge in [-0.1, -0.05) is 184 Å². The van der Waals surface area contributed by atoms with Crippen molar-refractivity contribution in [3.05, 3.63) is 197 Å². The highest BCUT2D eigenvalue weighted by atomic mass is 15.2. The first-order chi connectivity index (χ1) is 28.0. The Hall–Kier alpha value is -5.80. The van der Waals surface area contributed by atoms with Crippen LogP contribution in [0, 0.1) is 0 Å². The molecule has 2 aliphatic heterocycles. The lowest BCUT2D eigenvalue weighted by atomic mass is 9.33. The lowest BCUT2D eigenvalue weighted by Crippen LogP contribution is -2.61. The zero-order valence-electron chi connectivity index (χ0n) is 36.6. The first-order valence-corrected chi connectivity index (χ1v) is 21.4. The maximum Gasteiger partial charge on any atom is 0.252 e. The average Bonchev–Trinajstić information content (AvgIpc) is 3.23. The van der Waals surface area contributed by atoms with Crippen molar-refractivity contribution in [1.82, 2.24) is 0 Å². The zero-order valence-corrected chi connectivity index (χ0v) is 36.6. The summed E-state index contributed by atoms with van der Waals surface area (Å²) >= 11 is 0. The van der Waals surface area contributed by atoms with Crippen LogP contribution in [-0.2, 0) is 21.7 Å². The van der Waals surface area contributed by atoms with Crippen LogP contribution in [0.25, 0.3) is 0 Å². The molecule has 0 fully saturated rings. The molecule has 0 bridgehead atoms. The molecule has 0 spiro atoms. The van der Waals surface area contributed by atoms with Gasteiger partial charge in [0, 0.05) is 45.0 Å². The van der Waals surface area contributed by atoms with Gasteiger partial charge in [-0.2, -0.15) is 0 Å². The van der Waals surface area contributed by atoms with E-state index in [1.54, 1.807) is 0 Å². The number of anilines is 6. The summed E-state index contributed by atoms with van der Waals surface area (Å²) in [5.41, 5.74) is 19.0. The SMILES string of the molecule is CC(C)(C)c1ccc(N2c3ccc(C(C)(C)c4ccccc4)cc3B3c4cc(C(C)(C)C)ccc4N(c4ccc(C(C)(C)c5ccccc5)cc4)c4cccc2c43)cc1. The van der Waals surface area contributed by atoms with Gasteiger partial charge in [0.2, 0.25) is 0 Å². The molecule has 0 radical (unpaired) electrons. The quantitative estimate of drug-likeness (QED) is 0.155. The molecule has 0 amide bonds. The van der Waals surface area contributed by atoms with Crippen molar-refractivity contribution in [2.24, 2.45) is 0 Å². The van der Waals surface area contributed by atoms with Crippen molar-refractivity contribution in [1.29, 1.82) is 0 Å². The van der Waals surface area contributed by atoms with Crippen LogP contribution in [0.3, 0.4) is 0 Å². The number of fused-ring (bicyclic) bond motifs is 4. The third-order valence-corrected chi connectivity index (χ3v) is 13.4. The van der Waals surface area contributed by atoms with Crippen molar-refractivity contribution >= 4 is 57.2 Å². The van der Waals surface area contributed by atoms with E-state index in [1.807, 2.05) is 0 Å². The Bertz CT molecular complexity index is 2660. The fourth-order valence-electron chi connectivity index (χ4n) is 9.54. The van der Waals surface area contributed by atoms with E-state index in [4.69, 9.17) is 0 Å². The normalized spacial score (nSPS) is 13.8. The summed E-state index contributed by atoms with van der Waals surface area (Å²) in [7, 11) is 0.